The van der Waals surface area contributed by atoms with Gasteiger partial charge in [-0.3, -0.25) is 20.2 Å². The minimum atomic E-state index is -4.34. The number of carbonyl (C=O) groups is 1. The summed E-state index contributed by atoms with van der Waals surface area (Å²) in [4.78, 5) is 32.9. The van der Waals surface area contributed by atoms with E-state index in [2.05, 4.69) is 5.32 Å². The number of nitrogens with one attached hydrogen (secondary N) is 1. The Bertz CT molecular complexity index is 1840. The maximum absolute atomic E-state index is 13.6. The standard InChI is InChI=1S/C31H38N4O12S2/c1-21(2)19-33(48(42,43)26-14-8-23(9-15-26)34(38)39)20-29(36)28(32-30(37)46-31(3,4)5)18-22-6-12-25(13-7-22)47-49(44,45)27-16-10-24(11-17-27)35(40)41/h6-17,21,28-29,36H,18-20H2,1-5H3,(H,32,37). The number of amides is 1. The lowest BCUT2D eigenvalue weighted by Crippen LogP contribution is -2.51. The Morgan fingerprint density at radius 1 is 0.837 bits per heavy atom. The van der Waals surface area contributed by atoms with Crippen LogP contribution in [0.25, 0.3) is 0 Å². The molecule has 1 amide bonds. The van der Waals surface area contributed by atoms with Crippen molar-refractivity contribution in [2.24, 2.45) is 5.92 Å². The van der Waals surface area contributed by atoms with Gasteiger partial charge in [0.1, 0.15) is 16.2 Å². The summed E-state index contributed by atoms with van der Waals surface area (Å²) in [5.74, 6) is -0.274. The number of carbonyl (C=O) groups excluding carboxylic acids is 1. The van der Waals surface area contributed by atoms with Crippen LogP contribution in [0.2, 0.25) is 0 Å². The molecule has 0 saturated heterocycles. The zero-order chi connectivity index (χ0) is 36.7. The van der Waals surface area contributed by atoms with Gasteiger partial charge in [0.15, 0.2) is 0 Å². The van der Waals surface area contributed by atoms with E-state index in [9.17, 15) is 47.0 Å². The molecule has 0 aliphatic rings. The molecule has 49 heavy (non-hydrogen) atoms. The smallest absolute Gasteiger partial charge is 0.407 e. The van der Waals surface area contributed by atoms with E-state index < -0.39 is 60.4 Å². The van der Waals surface area contributed by atoms with E-state index >= 15 is 0 Å². The average molecular weight is 723 g/mol. The molecule has 0 aromatic heterocycles. The summed E-state index contributed by atoms with van der Waals surface area (Å²) in [6.07, 6.45) is -2.42. The number of hydrogen-bond acceptors (Lipinski definition) is 12. The molecule has 0 aliphatic heterocycles. The molecule has 0 heterocycles. The van der Waals surface area contributed by atoms with Gasteiger partial charge in [-0.15, -0.1) is 0 Å². The molecule has 0 bridgehead atoms. The first-order chi connectivity index (χ1) is 22.7. The number of sulfonamides is 1. The first-order valence-corrected chi connectivity index (χ1v) is 17.7. The molecule has 18 heteroatoms. The Morgan fingerprint density at radius 2 is 1.33 bits per heavy atom. The molecule has 16 nitrogen and oxygen atoms in total. The van der Waals surface area contributed by atoms with Crippen molar-refractivity contribution in [2.45, 2.75) is 68.6 Å². The first kappa shape index (κ1) is 38.8. The van der Waals surface area contributed by atoms with E-state index in [1.807, 2.05) is 0 Å². The molecule has 0 fully saturated rings. The van der Waals surface area contributed by atoms with E-state index in [-0.39, 0.29) is 45.8 Å². The van der Waals surface area contributed by atoms with Crippen LogP contribution >= 0.6 is 0 Å². The van der Waals surface area contributed by atoms with E-state index in [0.29, 0.717) is 5.56 Å². The average Bonchev–Trinajstić information content (AvgIpc) is 3.00. The Morgan fingerprint density at radius 3 is 1.78 bits per heavy atom. The fourth-order valence-corrected chi connectivity index (χ4v) is 7.04. The number of aliphatic hydroxyl groups excluding tert-OH is 1. The number of non-ortho nitro benzene ring substituents is 2. The number of nitro benzene ring substituents is 2. The quantitative estimate of drug-likeness (QED) is 0.126. The number of nitro groups is 2. The predicted molar refractivity (Wildman–Crippen MR) is 177 cm³/mol. The van der Waals surface area contributed by atoms with Crippen LogP contribution in [0, 0.1) is 26.1 Å². The third-order valence-electron chi connectivity index (χ3n) is 6.73. The molecule has 0 aliphatic carbocycles. The van der Waals surface area contributed by atoms with Crippen LogP contribution in [0.4, 0.5) is 16.2 Å². The third kappa shape index (κ3) is 11.2. The number of ether oxygens (including phenoxy) is 1. The van der Waals surface area contributed by atoms with Crippen molar-refractivity contribution >= 4 is 37.6 Å². The minimum Gasteiger partial charge on any atom is -0.444 e. The molecule has 3 aromatic rings. The summed E-state index contributed by atoms with van der Waals surface area (Å²) in [6, 6.07) is 13.0. The van der Waals surface area contributed by atoms with Crippen molar-refractivity contribution in [2.75, 3.05) is 13.1 Å². The van der Waals surface area contributed by atoms with Gasteiger partial charge in [-0.2, -0.15) is 12.7 Å². The van der Waals surface area contributed by atoms with E-state index in [1.165, 1.54) is 24.3 Å². The molecule has 2 N–H and O–H groups in total. The molecule has 2 unspecified atom stereocenters. The molecule has 266 valence electrons. The second-order valence-electron chi connectivity index (χ2n) is 12.4. The molecule has 0 spiro atoms. The predicted octanol–water partition coefficient (Wildman–Crippen LogP) is 4.41. The molecular formula is C31H38N4O12S2. The summed E-state index contributed by atoms with van der Waals surface area (Å²) >= 11 is 0. The fraction of sp³-hybridized carbons (Fsp3) is 0.387. The van der Waals surface area contributed by atoms with Gasteiger partial charge < -0.3 is 19.3 Å². The fourth-order valence-electron chi connectivity index (χ4n) is 4.49. The largest absolute Gasteiger partial charge is 0.444 e. The normalized spacial score (nSPS) is 13.5. The van der Waals surface area contributed by atoms with Crippen molar-refractivity contribution in [1.82, 2.24) is 9.62 Å². The van der Waals surface area contributed by atoms with E-state index in [0.717, 1.165) is 52.8 Å². The number of nitrogens with zero attached hydrogens (tertiary/aromatic N) is 3. The Hall–Kier alpha value is -4.65. The number of alkyl carbamates (subject to hydrolysis) is 1. The number of rotatable bonds is 15. The van der Waals surface area contributed by atoms with Gasteiger partial charge in [-0.05, 0) is 75.1 Å². The Kier molecular flexibility index (Phi) is 12.4. The Balaban J connectivity index is 1.86. The lowest BCUT2D eigenvalue weighted by molar-refractivity contribution is -0.385. The van der Waals surface area contributed by atoms with Gasteiger partial charge in [0.05, 0.1) is 26.9 Å². The third-order valence-corrected chi connectivity index (χ3v) is 9.84. The van der Waals surface area contributed by atoms with Crippen molar-refractivity contribution in [3.8, 4) is 5.75 Å². The molecule has 0 radical (unpaired) electrons. The second kappa shape index (κ2) is 15.7. The van der Waals surface area contributed by atoms with Gasteiger partial charge in [-0.25, -0.2) is 13.2 Å². The molecule has 3 rings (SSSR count). The lowest BCUT2D eigenvalue weighted by atomic mass is 10.0. The van der Waals surface area contributed by atoms with Gasteiger partial charge in [0.2, 0.25) is 10.0 Å². The molecule has 2 atom stereocenters. The van der Waals surface area contributed by atoms with Crippen LogP contribution in [-0.2, 0) is 31.3 Å². The van der Waals surface area contributed by atoms with E-state index in [4.69, 9.17) is 8.92 Å². The van der Waals surface area contributed by atoms with Gasteiger partial charge in [0.25, 0.3) is 11.4 Å². The van der Waals surface area contributed by atoms with E-state index in [1.54, 1.807) is 34.6 Å². The highest BCUT2D eigenvalue weighted by Crippen LogP contribution is 2.24. The highest BCUT2D eigenvalue weighted by Gasteiger charge is 2.32. The highest BCUT2D eigenvalue weighted by molar-refractivity contribution is 7.89. The zero-order valence-electron chi connectivity index (χ0n) is 27.4. The maximum atomic E-state index is 13.6. The van der Waals surface area contributed by atoms with Crippen molar-refractivity contribution in [3.63, 3.8) is 0 Å². The number of hydrogen-bond donors (Lipinski definition) is 2. The van der Waals surface area contributed by atoms with Gasteiger partial charge >= 0.3 is 16.2 Å². The SMILES string of the molecule is CC(C)CN(CC(O)C(Cc1ccc(OS(=O)(=O)c2ccc([N+](=O)[O-])cc2)cc1)NC(=O)OC(C)(C)C)S(=O)(=O)c1ccc([N+](=O)[O-])cc1. The van der Waals surface area contributed by atoms with Gasteiger partial charge in [0, 0.05) is 37.4 Å². The van der Waals surface area contributed by atoms with Crippen LogP contribution in [0.3, 0.4) is 0 Å². The Labute approximate surface area is 284 Å². The first-order valence-electron chi connectivity index (χ1n) is 14.9. The van der Waals surface area contributed by atoms with Crippen LogP contribution in [0.15, 0.2) is 82.6 Å². The lowest BCUT2D eigenvalue weighted by Gasteiger charge is -2.31. The monoisotopic (exact) mass is 722 g/mol. The summed E-state index contributed by atoms with van der Waals surface area (Å²) in [5.41, 5.74) is -0.988. The second-order valence-corrected chi connectivity index (χ2v) is 15.9. The van der Waals surface area contributed by atoms with Crippen LogP contribution < -0.4 is 9.50 Å². The topological polar surface area (TPSA) is 226 Å². The highest BCUT2D eigenvalue weighted by atomic mass is 32.2. The molecule has 3 aromatic carbocycles. The number of aliphatic hydroxyl groups is 1. The van der Waals surface area contributed by atoms with Gasteiger partial charge in [-0.1, -0.05) is 26.0 Å². The van der Waals surface area contributed by atoms with Crippen molar-refractivity contribution in [1.29, 1.82) is 0 Å². The zero-order valence-corrected chi connectivity index (χ0v) is 29.0. The maximum Gasteiger partial charge on any atom is 0.407 e. The van der Waals surface area contributed by atoms with Crippen molar-refractivity contribution in [3.05, 3.63) is 98.6 Å². The van der Waals surface area contributed by atoms with Crippen LogP contribution in [-0.4, -0.2) is 73.0 Å². The summed E-state index contributed by atoms with van der Waals surface area (Å²) in [6.45, 7) is 7.98. The van der Waals surface area contributed by atoms with Crippen LogP contribution in [0.5, 0.6) is 5.75 Å². The van der Waals surface area contributed by atoms with Crippen LogP contribution in [0.1, 0.15) is 40.2 Å². The summed E-state index contributed by atoms with van der Waals surface area (Å²) in [7, 11) is -8.59. The molecular weight excluding hydrogens is 684 g/mol. The summed E-state index contributed by atoms with van der Waals surface area (Å²) < 4.78 is 64.2. The number of benzene rings is 3. The summed E-state index contributed by atoms with van der Waals surface area (Å²) in [5, 5.41) is 35.9. The minimum absolute atomic E-state index is 0.0230. The van der Waals surface area contributed by atoms with Crippen molar-refractivity contribution < 1.29 is 45.5 Å². The molecule has 0 saturated carbocycles.